The third kappa shape index (κ3) is 2.40. The van der Waals surface area contributed by atoms with E-state index < -0.39 is 0 Å². The van der Waals surface area contributed by atoms with Gasteiger partial charge in [0, 0.05) is 37.5 Å². The molecular weight excluding hydrogens is 264 g/mol. The third-order valence-electron chi connectivity index (χ3n) is 3.49. The summed E-state index contributed by atoms with van der Waals surface area (Å²) in [5.41, 5.74) is 9.82. The number of fused-ring (bicyclic) bond motifs is 1. The molecule has 6 heteroatoms. The smallest absolute Gasteiger partial charge is 0.254 e. The van der Waals surface area contributed by atoms with Gasteiger partial charge in [-0.3, -0.25) is 0 Å². The van der Waals surface area contributed by atoms with Gasteiger partial charge >= 0.3 is 0 Å². The van der Waals surface area contributed by atoms with E-state index in [1.54, 1.807) is 4.52 Å². The number of nitrogens with zero attached hydrogens (tertiary/aromatic N) is 5. The van der Waals surface area contributed by atoms with Gasteiger partial charge in [-0.25, -0.2) is 4.98 Å². The van der Waals surface area contributed by atoms with Crippen LogP contribution in [0.1, 0.15) is 16.8 Å². The van der Waals surface area contributed by atoms with Crippen molar-refractivity contribution in [3.05, 3.63) is 47.4 Å². The average molecular weight is 282 g/mol. The second-order valence-electron chi connectivity index (χ2n) is 5.28. The molecule has 2 heterocycles. The first-order chi connectivity index (χ1) is 10.1. The Balaban J connectivity index is 2.14. The van der Waals surface area contributed by atoms with Gasteiger partial charge in [0.15, 0.2) is 0 Å². The Morgan fingerprint density at radius 2 is 1.90 bits per heavy atom. The Bertz CT molecular complexity index is 773. The van der Waals surface area contributed by atoms with Gasteiger partial charge in [0.05, 0.1) is 0 Å². The van der Waals surface area contributed by atoms with Crippen LogP contribution in [0.2, 0.25) is 0 Å². The fraction of sp³-hybridized carbons (Fsp3) is 0.267. The van der Waals surface area contributed by atoms with E-state index >= 15 is 0 Å². The summed E-state index contributed by atoms with van der Waals surface area (Å²) in [5.74, 6) is 1.63. The molecule has 0 saturated carbocycles. The first-order valence-corrected chi connectivity index (χ1v) is 6.77. The Hall–Kier alpha value is -2.63. The number of hydrogen-bond donors (Lipinski definition) is 1. The largest absolute Gasteiger partial charge is 0.399 e. The molecule has 21 heavy (non-hydrogen) atoms. The van der Waals surface area contributed by atoms with Crippen LogP contribution in [0.4, 0.5) is 11.5 Å². The summed E-state index contributed by atoms with van der Waals surface area (Å²) in [6, 6.07) is 7.92. The average Bonchev–Trinajstić information content (AvgIpc) is 2.88. The number of nitrogen functional groups attached to an aromatic ring is 1. The number of nitrogens with two attached hydrogens (primary N) is 1. The molecule has 0 fully saturated rings. The highest BCUT2D eigenvalue weighted by Crippen LogP contribution is 2.24. The standard InChI is InChI=1S/C15H18N6/c1-10-13(8-11-4-6-12(16)7-5-11)14(20(2)3)21-15(19-10)17-9-18-21/h4-7,9H,8,16H2,1-3H3. The Labute approximate surface area is 123 Å². The summed E-state index contributed by atoms with van der Waals surface area (Å²) < 4.78 is 1.78. The lowest BCUT2D eigenvalue weighted by Gasteiger charge is -2.19. The lowest BCUT2D eigenvalue weighted by Crippen LogP contribution is -2.18. The number of rotatable bonds is 3. The van der Waals surface area contributed by atoms with Crippen LogP contribution in [0.5, 0.6) is 0 Å². The van der Waals surface area contributed by atoms with Crippen molar-refractivity contribution >= 4 is 17.3 Å². The van der Waals surface area contributed by atoms with Crippen LogP contribution < -0.4 is 10.6 Å². The van der Waals surface area contributed by atoms with Crippen molar-refractivity contribution in [1.29, 1.82) is 0 Å². The number of benzene rings is 1. The van der Waals surface area contributed by atoms with Crippen LogP contribution in [0, 0.1) is 6.92 Å². The lowest BCUT2D eigenvalue weighted by molar-refractivity contribution is 0.863. The minimum atomic E-state index is 0.622. The van der Waals surface area contributed by atoms with Crippen molar-refractivity contribution in [3.63, 3.8) is 0 Å². The minimum Gasteiger partial charge on any atom is -0.399 e. The van der Waals surface area contributed by atoms with Gasteiger partial charge in [-0.2, -0.15) is 14.6 Å². The van der Waals surface area contributed by atoms with Crippen LogP contribution in [0.25, 0.3) is 5.78 Å². The van der Waals surface area contributed by atoms with E-state index in [9.17, 15) is 0 Å². The van der Waals surface area contributed by atoms with Gasteiger partial charge in [-0.1, -0.05) is 12.1 Å². The van der Waals surface area contributed by atoms with Crippen molar-refractivity contribution < 1.29 is 0 Å². The molecule has 0 saturated heterocycles. The molecule has 0 aliphatic carbocycles. The third-order valence-corrected chi connectivity index (χ3v) is 3.49. The summed E-state index contributed by atoms with van der Waals surface area (Å²) in [6.45, 7) is 2.01. The lowest BCUT2D eigenvalue weighted by atomic mass is 10.0. The van der Waals surface area contributed by atoms with E-state index in [1.807, 2.05) is 50.2 Å². The SMILES string of the molecule is Cc1nc2ncnn2c(N(C)C)c1Cc1ccc(N)cc1. The second kappa shape index (κ2) is 5.05. The summed E-state index contributed by atoms with van der Waals surface area (Å²) >= 11 is 0. The number of anilines is 2. The molecule has 0 bridgehead atoms. The van der Waals surface area contributed by atoms with E-state index in [1.165, 1.54) is 11.9 Å². The molecule has 1 aromatic carbocycles. The molecule has 0 atom stereocenters. The number of aromatic nitrogens is 4. The summed E-state index contributed by atoms with van der Waals surface area (Å²) in [5, 5.41) is 4.28. The Morgan fingerprint density at radius 3 is 2.57 bits per heavy atom. The highest BCUT2D eigenvalue weighted by Gasteiger charge is 2.16. The highest BCUT2D eigenvalue weighted by molar-refractivity contribution is 5.55. The predicted octanol–water partition coefficient (Wildman–Crippen LogP) is 1.67. The van der Waals surface area contributed by atoms with Gasteiger partial charge in [0.1, 0.15) is 12.1 Å². The molecular formula is C15H18N6. The molecule has 2 N–H and O–H groups in total. The van der Waals surface area contributed by atoms with Crippen molar-refractivity contribution in [2.24, 2.45) is 0 Å². The summed E-state index contributed by atoms with van der Waals surface area (Å²) in [7, 11) is 4.00. The molecule has 108 valence electrons. The Morgan fingerprint density at radius 1 is 1.19 bits per heavy atom. The van der Waals surface area contributed by atoms with Gasteiger partial charge < -0.3 is 10.6 Å². The van der Waals surface area contributed by atoms with E-state index in [2.05, 4.69) is 15.1 Å². The topological polar surface area (TPSA) is 72.3 Å². The molecule has 0 aliphatic rings. The first-order valence-electron chi connectivity index (χ1n) is 6.77. The quantitative estimate of drug-likeness (QED) is 0.740. The predicted molar refractivity (Wildman–Crippen MR) is 83.5 cm³/mol. The molecule has 2 aromatic heterocycles. The Kier molecular flexibility index (Phi) is 3.21. The zero-order chi connectivity index (χ0) is 15.0. The van der Waals surface area contributed by atoms with Gasteiger partial charge in [0.25, 0.3) is 5.78 Å². The van der Waals surface area contributed by atoms with E-state index in [0.29, 0.717) is 5.78 Å². The molecule has 0 unspecified atom stereocenters. The zero-order valence-corrected chi connectivity index (χ0v) is 12.4. The summed E-state index contributed by atoms with van der Waals surface area (Å²) in [6.07, 6.45) is 2.31. The maximum atomic E-state index is 5.75. The highest BCUT2D eigenvalue weighted by atomic mass is 15.4. The molecule has 0 amide bonds. The van der Waals surface area contributed by atoms with Gasteiger partial charge in [0.2, 0.25) is 0 Å². The molecule has 3 aromatic rings. The van der Waals surface area contributed by atoms with E-state index in [0.717, 1.165) is 29.2 Å². The van der Waals surface area contributed by atoms with Gasteiger partial charge in [-0.05, 0) is 24.6 Å². The molecule has 3 rings (SSSR count). The summed E-state index contributed by atoms with van der Waals surface area (Å²) in [4.78, 5) is 10.8. The fourth-order valence-corrected chi connectivity index (χ4v) is 2.47. The second-order valence-corrected chi connectivity index (χ2v) is 5.28. The fourth-order valence-electron chi connectivity index (χ4n) is 2.47. The number of hydrogen-bond acceptors (Lipinski definition) is 5. The first kappa shape index (κ1) is 13.4. The normalized spacial score (nSPS) is 11.0. The van der Waals surface area contributed by atoms with Crippen molar-refractivity contribution in [3.8, 4) is 0 Å². The number of aryl methyl sites for hydroxylation is 1. The maximum Gasteiger partial charge on any atom is 0.254 e. The van der Waals surface area contributed by atoms with Crippen LogP contribution in [-0.4, -0.2) is 33.7 Å². The van der Waals surface area contributed by atoms with E-state index in [4.69, 9.17) is 5.73 Å². The molecule has 0 spiro atoms. The monoisotopic (exact) mass is 282 g/mol. The minimum absolute atomic E-state index is 0.622. The van der Waals surface area contributed by atoms with Crippen molar-refractivity contribution in [2.45, 2.75) is 13.3 Å². The molecule has 0 aliphatic heterocycles. The maximum absolute atomic E-state index is 5.75. The van der Waals surface area contributed by atoms with Gasteiger partial charge in [-0.15, -0.1) is 0 Å². The van der Waals surface area contributed by atoms with Crippen LogP contribution >= 0.6 is 0 Å². The van der Waals surface area contributed by atoms with Crippen LogP contribution in [-0.2, 0) is 6.42 Å². The van der Waals surface area contributed by atoms with E-state index in [-0.39, 0.29) is 0 Å². The molecule has 6 nitrogen and oxygen atoms in total. The van der Waals surface area contributed by atoms with Crippen molar-refractivity contribution in [1.82, 2.24) is 19.6 Å². The van der Waals surface area contributed by atoms with Crippen LogP contribution in [0.3, 0.4) is 0 Å². The molecule has 0 radical (unpaired) electrons. The van der Waals surface area contributed by atoms with Crippen LogP contribution in [0.15, 0.2) is 30.6 Å². The zero-order valence-electron chi connectivity index (χ0n) is 12.4. The van der Waals surface area contributed by atoms with Crippen molar-refractivity contribution in [2.75, 3.05) is 24.7 Å².